The minimum atomic E-state index is -0.765. The Morgan fingerprint density at radius 2 is 2.00 bits per heavy atom. The molecule has 0 N–H and O–H groups in total. The average molecular weight is 318 g/mol. The molecule has 0 aliphatic rings. The van der Waals surface area contributed by atoms with Crippen LogP contribution in [0.5, 0.6) is 0 Å². The van der Waals surface area contributed by atoms with Crippen molar-refractivity contribution in [1.29, 1.82) is 0 Å². The zero-order valence-electron chi connectivity index (χ0n) is 13.5. The SMILES string of the molecule is CCCCOC(=O)C(CC(=O)OCC)n1cnc2ccccc21. The highest BCUT2D eigenvalue weighted by Gasteiger charge is 2.27. The normalized spacial score (nSPS) is 12.1. The van der Waals surface area contributed by atoms with Gasteiger partial charge in [0.15, 0.2) is 0 Å². The van der Waals surface area contributed by atoms with Crippen LogP contribution in [0.15, 0.2) is 30.6 Å². The van der Waals surface area contributed by atoms with Crippen LogP contribution >= 0.6 is 0 Å². The number of fused-ring (bicyclic) bond motifs is 1. The first-order valence-electron chi connectivity index (χ1n) is 7.91. The van der Waals surface area contributed by atoms with Crippen LogP contribution in [0.2, 0.25) is 0 Å². The first-order valence-corrected chi connectivity index (χ1v) is 7.91. The number of hydrogen-bond donors (Lipinski definition) is 0. The van der Waals surface area contributed by atoms with Crippen molar-refractivity contribution in [1.82, 2.24) is 9.55 Å². The molecule has 0 saturated carbocycles. The molecule has 6 nitrogen and oxygen atoms in total. The van der Waals surface area contributed by atoms with Crippen LogP contribution in [0.25, 0.3) is 11.0 Å². The number of benzene rings is 1. The summed E-state index contributed by atoms with van der Waals surface area (Å²) in [5, 5.41) is 0. The van der Waals surface area contributed by atoms with Gasteiger partial charge < -0.3 is 14.0 Å². The molecule has 1 aromatic heterocycles. The average Bonchev–Trinajstić information content (AvgIpc) is 2.97. The van der Waals surface area contributed by atoms with Gasteiger partial charge in [-0.25, -0.2) is 9.78 Å². The number of aromatic nitrogens is 2. The lowest BCUT2D eigenvalue weighted by Gasteiger charge is -2.17. The number of rotatable bonds is 8. The molecule has 0 amide bonds. The summed E-state index contributed by atoms with van der Waals surface area (Å²) >= 11 is 0. The van der Waals surface area contributed by atoms with E-state index in [1.807, 2.05) is 31.2 Å². The van der Waals surface area contributed by atoms with E-state index in [-0.39, 0.29) is 13.0 Å². The van der Waals surface area contributed by atoms with Gasteiger partial charge in [0.25, 0.3) is 0 Å². The first-order chi connectivity index (χ1) is 11.2. The van der Waals surface area contributed by atoms with Gasteiger partial charge in [-0.2, -0.15) is 0 Å². The van der Waals surface area contributed by atoms with Crippen molar-refractivity contribution in [3.63, 3.8) is 0 Å². The number of hydrogen-bond acceptors (Lipinski definition) is 5. The quantitative estimate of drug-likeness (QED) is 0.553. The van der Waals surface area contributed by atoms with Gasteiger partial charge in [0.2, 0.25) is 0 Å². The van der Waals surface area contributed by atoms with Crippen molar-refractivity contribution in [2.24, 2.45) is 0 Å². The van der Waals surface area contributed by atoms with Crippen LogP contribution < -0.4 is 0 Å². The summed E-state index contributed by atoms with van der Waals surface area (Å²) in [6.07, 6.45) is 3.22. The second-order valence-corrected chi connectivity index (χ2v) is 5.19. The van der Waals surface area contributed by atoms with E-state index >= 15 is 0 Å². The first kappa shape index (κ1) is 17.0. The topological polar surface area (TPSA) is 70.4 Å². The Bertz CT molecular complexity index is 665. The monoisotopic (exact) mass is 318 g/mol. The molecule has 2 aromatic rings. The summed E-state index contributed by atoms with van der Waals surface area (Å²) in [5.74, 6) is -0.864. The fraction of sp³-hybridized carbons (Fsp3) is 0.471. The Morgan fingerprint density at radius 3 is 2.74 bits per heavy atom. The highest BCUT2D eigenvalue weighted by Crippen LogP contribution is 2.22. The van der Waals surface area contributed by atoms with Crippen molar-refractivity contribution in [2.75, 3.05) is 13.2 Å². The van der Waals surface area contributed by atoms with E-state index in [2.05, 4.69) is 4.98 Å². The number of unbranched alkanes of at least 4 members (excludes halogenated alkanes) is 1. The summed E-state index contributed by atoms with van der Waals surface area (Å²) in [6, 6.07) is 6.69. The maximum Gasteiger partial charge on any atom is 0.329 e. The molecule has 6 heteroatoms. The maximum atomic E-state index is 12.4. The number of imidazole rings is 1. The standard InChI is InChI=1S/C17H22N2O4/c1-3-5-10-23-17(21)15(11-16(20)22-4-2)19-12-18-13-8-6-7-9-14(13)19/h6-9,12,15H,3-5,10-11H2,1-2H3. The van der Waals surface area contributed by atoms with Gasteiger partial charge in [0.1, 0.15) is 6.04 Å². The number of carbonyl (C=O) groups excluding carboxylic acids is 2. The molecular weight excluding hydrogens is 296 g/mol. The third kappa shape index (κ3) is 4.31. The van der Waals surface area contributed by atoms with Crippen LogP contribution in [0.1, 0.15) is 39.2 Å². The van der Waals surface area contributed by atoms with Gasteiger partial charge in [0, 0.05) is 0 Å². The van der Waals surface area contributed by atoms with Gasteiger partial charge >= 0.3 is 11.9 Å². The fourth-order valence-electron chi connectivity index (χ4n) is 2.31. The smallest absolute Gasteiger partial charge is 0.329 e. The molecule has 23 heavy (non-hydrogen) atoms. The predicted molar refractivity (Wildman–Crippen MR) is 85.9 cm³/mol. The van der Waals surface area contributed by atoms with Gasteiger partial charge in [-0.15, -0.1) is 0 Å². The zero-order chi connectivity index (χ0) is 16.7. The van der Waals surface area contributed by atoms with Crippen LogP contribution in [-0.2, 0) is 19.1 Å². The Morgan fingerprint density at radius 1 is 1.22 bits per heavy atom. The molecule has 2 rings (SSSR count). The zero-order valence-corrected chi connectivity index (χ0v) is 13.5. The van der Waals surface area contributed by atoms with E-state index < -0.39 is 18.0 Å². The van der Waals surface area contributed by atoms with E-state index in [1.54, 1.807) is 17.8 Å². The second-order valence-electron chi connectivity index (χ2n) is 5.19. The second kappa shape index (κ2) is 8.31. The Hall–Kier alpha value is -2.37. The maximum absolute atomic E-state index is 12.4. The molecule has 1 aromatic carbocycles. The van der Waals surface area contributed by atoms with E-state index in [1.165, 1.54) is 0 Å². The number of esters is 2. The molecule has 0 radical (unpaired) electrons. The van der Waals surface area contributed by atoms with Crippen molar-refractivity contribution in [3.8, 4) is 0 Å². The summed E-state index contributed by atoms with van der Waals surface area (Å²) in [4.78, 5) is 28.6. The lowest BCUT2D eigenvalue weighted by molar-refractivity contribution is -0.154. The molecule has 0 saturated heterocycles. The summed E-state index contributed by atoms with van der Waals surface area (Å²) in [5.41, 5.74) is 1.55. The van der Waals surface area contributed by atoms with E-state index in [0.717, 1.165) is 23.9 Å². The van der Waals surface area contributed by atoms with Gasteiger partial charge in [-0.1, -0.05) is 25.5 Å². The molecule has 0 bridgehead atoms. The molecule has 124 valence electrons. The third-order valence-electron chi connectivity index (χ3n) is 3.50. The molecule has 1 atom stereocenters. The van der Waals surface area contributed by atoms with E-state index in [4.69, 9.17) is 9.47 Å². The number of para-hydroxylation sites is 2. The molecule has 0 aliphatic heterocycles. The van der Waals surface area contributed by atoms with Crippen LogP contribution in [-0.4, -0.2) is 34.7 Å². The molecule has 0 fully saturated rings. The Balaban J connectivity index is 2.25. The fourth-order valence-corrected chi connectivity index (χ4v) is 2.31. The van der Waals surface area contributed by atoms with Crippen molar-refractivity contribution >= 4 is 23.0 Å². The Kier molecular flexibility index (Phi) is 6.14. The van der Waals surface area contributed by atoms with Gasteiger partial charge in [-0.05, 0) is 25.5 Å². The Labute approximate surface area is 135 Å². The van der Waals surface area contributed by atoms with Crippen molar-refractivity contribution in [3.05, 3.63) is 30.6 Å². The van der Waals surface area contributed by atoms with Gasteiger partial charge in [-0.3, -0.25) is 4.79 Å². The minimum absolute atomic E-state index is 0.0703. The molecule has 0 spiro atoms. The van der Waals surface area contributed by atoms with E-state index in [0.29, 0.717) is 6.61 Å². The van der Waals surface area contributed by atoms with E-state index in [9.17, 15) is 9.59 Å². The highest BCUT2D eigenvalue weighted by atomic mass is 16.5. The number of nitrogens with zero attached hydrogens (tertiary/aromatic N) is 2. The van der Waals surface area contributed by atoms with Crippen LogP contribution in [0, 0.1) is 0 Å². The number of ether oxygens (including phenoxy) is 2. The largest absolute Gasteiger partial charge is 0.466 e. The highest BCUT2D eigenvalue weighted by molar-refractivity contribution is 5.84. The predicted octanol–water partition coefficient (Wildman–Crippen LogP) is 2.87. The molecular formula is C17H22N2O4. The minimum Gasteiger partial charge on any atom is -0.466 e. The summed E-state index contributed by atoms with van der Waals surface area (Å²) in [6.45, 7) is 4.38. The van der Waals surface area contributed by atoms with Crippen molar-refractivity contribution in [2.45, 2.75) is 39.2 Å². The molecule has 1 heterocycles. The number of carbonyl (C=O) groups is 2. The van der Waals surface area contributed by atoms with Crippen LogP contribution in [0.4, 0.5) is 0 Å². The van der Waals surface area contributed by atoms with Crippen molar-refractivity contribution < 1.29 is 19.1 Å². The third-order valence-corrected chi connectivity index (χ3v) is 3.50. The summed E-state index contributed by atoms with van der Waals surface area (Å²) in [7, 11) is 0. The van der Waals surface area contributed by atoms with Gasteiger partial charge in [0.05, 0.1) is 37.0 Å². The lowest BCUT2D eigenvalue weighted by atomic mass is 10.2. The molecule has 0 aliphatic carbocycles. The molecule has 1 unspecified atom stereocenters. The summed E-state index contributed by atoms with van der Waals surface area (Å²) < 4.78 is 12.0. The lowest BCUT2D eigenvalue weighted by Crippen LogP contribution is -2.25. The van der Waals surface area contributed by atoms with Crippen LogP contribution in [0.3, 0.4) is 0 Å².